The highest BCUT2D eigenvalue weighted by atomic mass is 16.5. The summed E-state index contributed by atoms with van der Waals surface area (Å²) >= 11 is 0. The minimum Gasteiger partial charge on any atom is -0.396 e. The van der Waals surface area contributed by atoms with Gasteiger partial charge in [0.15, 0.2) is 0 Å². The molecule has 0 aromatic rings. The van der Waals surface area contributed by atoms with Gasteiger partial charge in [-0.1, -0.05) is 6.92 Å². The Hall–Kier alpha value is -0.120. The highest BCUT2D eigenvalue weighted by Gasteiger charge is 2.03. The largest absolute Gasteiger partial charge is 0.396 e. The molecule has 3 heteroatoms. The van der Waals surface area contributed by atoms with E-state index in [4.69, 9.17) is 15.6 Å². The van der Waals surface area contributed by atoms with Gasteiger partial charge in [-0.25, -0.2) is 0 Å². The average molecular weight is 161 g/mol. The number of rotatable bonds is 7. The Morgan fingerprint density at radius 1 is 1.45 bits per heavy atom. The smallest absolute Gasteiger partial charge is 0.0472 e. The molecule has 0 bridgehead atoms. The van der Waals surface area contributed by atoms with Gasteiger partial charge >= 0.3 is 0 Å². The van der Waals surface area contributed by atoms with E-state index in [1.165, 1.54) is 0 Å². The van der Waals surface area contributed by atoms with E-state index >= 15 is 0 Å². The highest BCUT2D eigenvalue weighted by molar-refractivity contribution is 4.56. The summed E-state index contributed by atoms with van der Waals surface area (Å²) in [5.74, 6) is 0.215. The Bertz CT molecular complexity index is 74.5. The summed E-state index contributed by atoms with van der Waals surface area (Å²) in [5, 5.41) is 8.75. The molecule has 0 aromatic heterocycles. The van der Waals surface area contributed by atoms with E-state index in [0.29, 0.717) is 6.54 Å². The topological polar surface area (TPSA) is 55.5 Å². The van der Waals surface area contributed by atoms with E-state index in [1.54, 1.807) is 0 Å². The van der Waals surface area contributed by atoms with Crippen molar-refractivity contribution in [2.24, 2.45) is 11.7 Å². The number of ether oxygens (including phenoxy) is 1. The summed E-state index contributed by atoms with van der Waals surface area (Å²) in [4.78, 5) is 0. The number of hydrogen-bond donors (Lipinski definition) is 2. The van der Waals surface area contributed by atoms with Crippen molar-refractivity contribution >= 4 is 0 Å². The third-order valence-electron chi connectivity index (χ3n) is 1.61. The normalized spacial score (nSPS) is 13.4. The second-order valence-electron chi connectivity index (χ2n) is 2.69. The van der Waals surface area contributed by atoms with Crippen LogP contribution in [0.25, 0.3) is 0 Å². The molecule has 0 aromatic carbocycles. The zero-order valence-corrected chi connectivity index (χ0v) is 7.25. The molecule has 1 unspecified atom stereocenters. The van der Waals surface area contributed by atoms with Crippen molar-refractivity contribution in [1.29, 1.82) is 0 Å². The summed E-state index contributed by atoms with van der Waals surface area (Å²) in [6.07, 6.45) is 1.92. The maximum absolute atomic E-state index is 8.75. The van der Waals surface area contributed by atoms with Gasteiger partial charge in [0.1, 0.15) is 0 Å². The van der Waals surface area contributed by atoms with E-state index in [9.17, 15) is 0 Å². The molecule has 0 saturated carbocycles. The predicted molar refractivity (Wildman–Crippen MR) is 45.4 cm³/mol. The maximum Gasteiger partial charge on any atom is 0.0472 e. The van der Waals surface area contributed by atoms with Gasteiger partial charge in [-0.3, -0.25) is 0 Å². The fourth-order valence-electron chi connectivity index (χ4n) is 0.780. The van der Waals surface area contributed by atoms with Gasteiger partial charge in [0.05, 0.1) is 0 Å². The maximum atomic E-state index is 8.75. The number of aliphatic hydroxyl groups is 1. The van der Waals surface area contributed by atoms with Crippen LogP contribution in [0.3, 0.4) is 0 Å². The Morgan fingerprint density at radius 2 is 2.18 bits per heavy atom. The zero-order chi connectivity index (χ0) is 8.53. The van der Waals surface area contributed by atoms with Gasteiger partial charge in [-0.05, 0) is 25.3 Å². The molecule has 68 valence electrons. The van der Waals surface area contributed by atoms with Crippen LogP contribution in [-0.2, 0) is 4.74 Å². The molecule has 0 radical (unpaired) electrons. The number of aliphatic hydroxyl groups excluding tert-OH is 1. The van der Waals surface area contributed by atoms with Crippen molar-refractivity contribution in [3.8, 4) is 0 Å². The average Bonchev–Trinajstić information content (AvgIpc) is 2.05. The lowest BCUT2D eigenvalue weighted by Crippen LogP contribution is -2.19. The first-order chi connectivity index (χ1) is 5.35. The molecule has 0 fully saturated rings. The van der Waals surface area contributed by atoms with E-state index < -0.39 is 0 Å². The van der Waals surface area contributed by atoms with Crippen LogP contribution in [-0.4, -0.2) is 31.5 Å². The molecule has 0 aliphatic rings. The molecule has 0 aliphatic heterocycles. The lowest BCUT2D eigenvalue weighted by Gasteiger charge is -2.10. The van der Waals surface area contributed by atoms with Gasteiger partial charge in [0.25, 0.3) is 0 Å². The van der Waals surface area contributed by atoms with Crippen LogP contribution in [0.15, 0.2) is 0 Å². The van der Waals surface area contributed by atoms with Gasteiger partial charge in [0.2, 0.25) is 0 Å². The van der Waals surface area contributed by atoms with E-state index in [-0.39, 0.29) is 12.5 Å². The van der Waals surface area contributed by atoms with Crippen LogP contribution in [0.1, 0.15) is 19.8 Å². The molecule has 1 atom stereocenters. The first-order valence-corrected chi connectivity index (χ1v) is 4.23. The SMILES string of the molecule is CCCOCCC(CN)CO. The third kappa shape index (κ3) is 6.28. The fraction of sp³-hybridized carbons (Fsp3) is 1.00. The second kappa shape index (κ2) is 7.98. The zero-order valence-electron chi connectivity index (χ0n) is 7.25. The minimum atomic E-state index is 0.173. The van der Waals surface area contributed by atoms with Crippen molar-refractivity contribution in [2.75, 3.05) is 26.4 Å². The first kappa shape index (κ1) is 10.9. The monoisotopic (exact) mass is 161 g/mol. The molecule has 0 amide bonds. The van der Waals surface area contributed by atoms with Crippen molar-refractivity contribution in [3.05, 3.63) is 0 Å². The Labute approximate surface area is 68.5 Å². The highest BCUT2D eigenvalue weighted by Crippen LogP contribution is 1.99. The van der Waals surface area contributed by atoms with Gasteiger partial charge in [-0.2, -0.15) is 0 Å². The van der Waals surface area contributed by atoms with Crippen molar-refractivity contribution in [1.82, 2.24) is 0 Å². The molecule has 3 N–H and O–H groups in total. The molecule has 3 nitrogen and oxygen atoms in total. The summed E-state index contributed by atoms with van der Waals surface area (Å²) in [6, 6.07) is 0. The minimum absolute atomic E-state index is 0.173. The first-order valence-electron chi connectivity index (χ1n) is 4.23. The van der Waals surface area contributed by atoms with Crippen LogP contribution in [0.5, 0.6) is 0 Å². The van der Waals surface area contributed by atoms with Crippen molar-refractivity contribution in [3.63, 3.8) is 0 Å². The summed E-state index contributed by atoms with van der Waals surface area (Å²) in [6.45, 7) is 4.32. The molecule has 0 heterocycles. The van der Waals surface area contributed by atoms with Crippen molar-refractivity contribution < 1.29 is 9.84 Å². The van der Waals surface area contributed by atoms with Crippen LogP contribution in [0.4, 0.5) is 0 Å². The molecule has 0 saturated heterocycles. The van der Waals surface area contributed by atoms with E-state index in [2.05, 4.69) is 6.92 Å². The number of nitrogens with two attached hydrogens (primary N) is 1. The molecular formula is C8H19NO2. The van der Waals surface area contributed by atoms with Crippen molar-refractivity contribution in [2.45, 2.75) is 19.8 Å². The van der Waals surface area contributed by atoms with E-state index in [1.807, 2.05) is 0 Å². The van der Waals surface area contributed by atoms with Crippen LogP contribution in [0.2, 0.25) is 0 Å². The Kier molecular flexibility index (Phi) is 7.89. The quantitative estimate of drug-likeness (QED) is 0.530. The van der Waals surface area contributed by atoms with Gasteiger partial charge in [0, 0.05) is 19.8 Å². The standard InChI is InChI=1S/C8H19NO2/c1-2-4-11-5-3-8(6-9)7-10/h8,10H,2-7,9H2,1H3. The van der Waals surface area contributed by atoms with Crippen LogP contribution < -0.4 is 5.73 Å². The molecule has 0 rings (SSSR count). The van der Waals surface area contributed by atoms with Crippen LogP contribution >= 0.6 is 0 Å². The molecule has 11 heavy (non-hydrogen) atoms. The molecule has 0 aliphatic carbocycles. The van der Waals surface area contributed by atoms with Crippen LogP contribution in [0, 0.1) is 5.92 Å². The Balaban J connectivity index is 3.07. The number of hydrogen-bond acceptors (Lipinski definition) is 3. The van der Waals surface area contributed by atoms with E-state index in [0.717, 1.165) is 26.1 Å². The Morgan fingerprint density at radius 3 is 2.64 bits per heavy atom. The molecular weight excluding hydrogens is 142 g/mol. The predicted octanol–water partition coefficient (Wildman–Crippen LogP) is 0.370. The second-order valence-corrected chi connectivity index (χ2v) is 2.69. The summed E-state index contributed by atoms with van der Waals surface area (Å²) in [7, 11) is 0. The fourth-order valence-corrected chi connectivity index (χ4v) is 0.780. The third-order valence-corrected chi connectivity index (χ3v) is 1.61. The summed E-state index contributed by atoms with van der Waals surface area (Å²) < 4.78 is 5.25. The van der Waals surface area contributed by atoms with Gasteiger partial charge < -0.3 is 15.6 Å². The lowest BCUT2D eigenvalue weighted by atomic mass is 10.1. The summed E-state index contributed by atoms with van der Waals surface area (Å²) in [5.41, 5.74) is 5.38. The van der Waals surface area contributed by atoms with Gasteiger partial charge in [-0.15, -0.1) is 0 Å². The lowest BCUT2D eigenvalue weighted by molar-refractivity contribution is 0.108. The molecule has 0 spiro atoms.